The third-order valence-electron chi connectivity index (χ3n) is 6.29. The molecule has 200 valence electrons. The van der Waals surface area contributed by atoms with Gasteiger partial charge in [0.15, 0.2) is 5.82 Å². The Balaban J connectivity index is 1.83. The Morgan fingerprint density at radius 1 is 1.16 bits per heavy atom. The van der Waals surface area contributed by atoms with Gasteiger partial charge in [-0.1, -0.05) is 26.8 Å². The highest BCUT2D eigenvalue weighted by atomic mass is 19.1. The second-order valence-electron chi connectivity index (χ2n) is 11.7. The smallest absolute Gasteiger partial charge is 0.328 e. The summed E-state index contributed by atoms with van der Waals surface area (Å²) in [7, 11) is 9.44. The fourth-order valence-corrected chi connectivity index (χ4v) is 4.53. The maximum Gasteiger partial charge on any atom is 0.328 e. The van der Waals surface area contributed by atoms with E-state index in [1.165, 1.54) is 4.57 Å². The topological polar surface area (TPSA) is 60.9 Å². The highest BCUT2D eigenvalue weighted by Crippen LogP contribution is 2.34. The SMILES string of the molecule is CN=Cc1ccc(OC2=NC([N+](C)(C)C)=CCC=C2)cc1-c1ccc2c(c1F)n(C)c(=O)n2CC(C)(C)C. The van der Waals surface area contributed by atoms with Crippen LogP contribution < -0.4 is 10.4 Å². The molecule has 0 fully saturated rings. The molecule has 0 unspecified atom stereocenters. The number of benzene rings is 2. The highest BCUT2D eigenvalue weighted by molar-refractivity contribution is 5.95. The van der Waals surface area contributed by atoms with Crippen molar-refractivity contribution in [2.45, 2.75) is 33.7 Å². The molecule has 38 heavy (non-hydrogen) atoms. The molecule has 7 nitrogen and oxygen atoms in total. The van der Waals surface area contributed by atoms with Crippen LogP contribution in [0, 0.1) is 11.2 Å². The number of hydrogen-bond acceptors (Lipinski definition) is 4. The molecular weight excluding hydrogens is 481 g/mol. The molecule has 0 N–H and O–H groups in total. The summed E-state index contributed by atoms with van der Waals surface area (Å²) in [6.07, 6.45) is 8.36. The summed E-state index contributed by atoms with van der Waals surface area (Å²) in [5, 5.41) is 0. The lowest BCUT2D eigenvalue weighted by molar-refractivity contribution is -0.832. The van der Waals surface area contributed by atoms with E-state index in [0.29, 0.717) is 39.3 Å². The maximum atomic E-state index is 16.2. The Labute approximate surface area is 223 Å². The van der Waals surface area contributed by atoms with Crippen LogP contribution in [0.1, 0.15) is 32.8 Å². The molecular formula is C30H37FN5O2+. The van der Waals surface area contributed by atoms with E-state index in [1.54, 1.807) is 37.0 Å². The van der Waals surface area contributed by atoms with Gasteiger partial charge in [0.2, 0.25) is 11.7 Å². The van der Waals surface area contributed by atoms with Crippen molar-refractivity contribution in [3.8, 4) is 16.9 Å². The molecule has 1 aromatic heterocycles. The molecule has 2 aromatic carbocycles. The van der Waals surface area contributed by atoms with E-state index in [-0.39, 0.29) is 16.6 Å². The lowest BCUT2D eigenvalue weighted by Gasteiger charge is -2.23. The van der Waals surface area contributed by atoms with E-state index in [1.807, 2.05) is 30.4 Å². The van der Waals surface area contributed by atoms with Crippen LogP contribution in [0.5, 0.6) is 5.75 Å². The van der Waals surface area contributed by atoms with Crippen molar-refractivity contribution < 1.29 is 13.6 Å². The summed E-state index contributed by atoms with van der Waals surface area (Å²) >= 11 is 0. The van der Waals surface area contributed by atoms with Gasteiger partial charge < -0.3 is 4.74 Å². The third-order valence-corrected chi connectivity index (χ3v) is 6.29. The van der Waals surface area contributed by atoms with Crippen molar-refractivity contribution in [1.29, 1.82) is 0 Å². The minimum Gasteiger partial charge on any atom is -0.439 e. The van der Waals surface area contributed by atoms with Gasteiger partial charge in [0.05, 0.1) is 26.7 Å². The van der Waals surface area contributed by atoms with Crippen molar-refractivity contribution in [2.24, 2.45) is 22.4 Å². The molecule has 0 aliphatic carbocycles. The number of aryl methyl sites for hydroxylation is 1. The second-order valence-corrected chi connectivity index (χ2v) is 11.7. The summed E-state index contributed by atoms with van der Waals surface area (Å²) in [5.41, 5.74) is 2.19. The zero-order valence-corrected chi connectivity index (χ0v) is 23.5. The standard InChI is InChI=1S/C30H37FN5O2/c1-30(2,3)19-35-24-16-15-22(27(31)28(24)34(5)29(35)37)23-17-21(14-13-20(23)18-32-4)38-26-12-10-9-11-25(33-26)36(6,7)8/h10-18H,9,19H2,1-8H3/q+1. The number of aromatic nitrogens is 2. The first-order chi connectivity index (χ1) is 17.8. The Hall–Kier alpha value is -3.78. The van der Waals surface area contributed by atoms with Gasteiger partial charge in [-0.3, -0.25) is 18.6 Å². The van der Waals surface area contributed by atoms with Gasteiger partial charge in [-0.05, 0) is 53.8 Å². The van der Waals surface area contributed by atoms with E-state index >= 15 is 4.39 Å². The van der Waals surface area contributed by atoms with Crippen LogP contribution in [0.3, 0.4) is 0 Å². The number of halogens is 1. The summed E-state index contributed by atoms with van der Waals surface area (Å²) in [5.74, 6) is 1.41. The van der Waals surface area contributed by atoms with Crippen molar-refractivity contribution in [1.82, 2.24) is 9.13 Å². The highest BCUT2D eigenvalue weighted by Gasteiger charge is 2.23. The van der Waals surface area contributed by atoms with Gasteiger partial charge in [-0.2, -0.15) is 4.99 Å². The van der Waals surface area contributed by atoms with E-state index in [2.05, 4.69) is 53.0 Å². The number of ether oxygens (including phenoxy) is 1. The number of rotatable bonds is 5. The molecule has 1 aliphatic rings. The normalized spacial score (nSPS) is 14.7. The summed E-state index contributed by atoms with van der Waals surface area (Å²) in [6.45, 7) is 6.64. The van der Waals surface area contributed by atoms with Crippen molar-refractivity contribution in [3.05, 3.63) is 76.2 Å². The Kier molecular flexibility index (Phi) is 7.30. The van der Waals surface area contributed by atoms with Gasteiger partial charge in [0.1, 0.15) is 11.3 Å². The average molecular weight is 519 g/mol. The van der Waals surface area contributed by atoms with E-state index in [0.717, 1.165) is 17.8 Å². The van der Waals surface area contributed by atoms with Crippen LogP contribution in [0.15, 0.2) is 69.2 Å². The number of allylic oxidation sites excluding steroid dienone is 2. The van der Waals surface area contributed by atoms with Gasteiger partial charge in [-0.15, -0.1) is 0 Å². The largest absolute Gasteiger partial charge is 0.439 e. The summed E-state index contributed by atoms with van der Waals surface area (Å²) in [4.78, 5) is 21.9. The van der Waals surface area contributed by atoms with Crippen molar-refractivity contribution in [3.63, 3.8) is 0 Å². The van der Waals surface area contributed by atoms with Gasteiger partial charge >= 0.3 is 5.69 Å². The predicted octanol–water partition coefficient (Wildman–Crippen LogP) is 5.53. The summed E-state index contributed by atoms with van der Waals surface area (Å²) in [6, 6.07) is 9.01. The number of imidazole rings is 1. The van der Waals surface area contributed by atoms with Crippen LogP contribution in [-0.4, -0.2) is 53.9 Å². The first kappa shape index (κ1) is 27.3. The average Bonchev–Trinajstić information content (AvgIpc) is 2.97. The number of nitrogens with zero attached hydrogens (tertiary/aromatic N) is 5. The zero-order valence-electron chi connectivity index (χ0n) is 23.5. The van der Waals surface area contributed by atoms with Crippen LogP contribution >= 0.6 is 0 Å². The van der Waals surface area contributed by atoms with Gasteiger partial charge in [0.25, 0.3) is 0 Å². The predicted molar refractivity (Wildman–Crippen MR) is 153 cm³/mol. The first-order valence-electron chi connectivity index (χ1n) is 12.7. The molecule has 0 bridgehead atoms. The van der Waals surface area contributed by atoms with Gasteiger partial charge in [-0.25, -0.2) is 9.18 Å². The van der Waals surface area contributed by atoms with Gasteiger partial charge in [0, 0.05) is 44.1 Å². The molecule has 1 aliphatic heterocycles. The molecule has 0 amide bonds. The zero-order chi connectivity index (χ0) is 27.8. The van der Waals surface area contributed by atoms with Crippen LogP contribution in [0.4, 0.5) is 4.39 Å². The molecule has 0 saturated heterocycles. The monoisotopic (exact) mass is 518 g/mol. The number of aliphatic imine (C=N–C) groups is 2. The molecule has 0 radical (unpaired) electrons. The van der Waals surface area contributed by atoms with Crippen LogP contribution in [0.25, 0.3) is 22.2 Å². The molecule has 0 saturated carbocycles. The minimum atomic E-state index is -0.459. The fourth-order valence-electron chi connectivity index (χ4n) is 4.53. The second kappa shape index (κ2) is 10.2. The Morgan fingerprint density at radius 3 is 2.55 bits per heavy atom. The number of fused-ring (bicyclic) bond motifs is 1. The summed E-state index contributed by atoms with van der Waals surface area (Å²) < 4.78 is 25.9. The lowest BCUT2D eigenvalue weighted by Crippen LogP contribution is -2.33. The molecule has 8 heteroatoms. The van der Waals surface area contributed by atoms with Crippen molar-refractivity contribution in [2.75, 3.05) is 28.2 Å². The van der Waals surface area contributed by atoms with Crippen LogP contribution in [0.2, 0.25) is 0 Å². The minimum absolute atomic E-state index is 0.139. The van der Waals surface area contributed by atoms with E-state index in [4.69, 9.17) is 9.73 Å². The molecule has 4 rings (SSSR count). The first-order valence-corrected chi connectivity index (χ1v) is 12.7. The van der Waals surface area contributed by atoms with E-state index in [9.17, 15) is 4.79 Å². The molecule has 3 aromatic rings. The van der Waals surface area contributed by atoms with Crippen LogP contribution in [-0.2, 0) is 13.6 Å². The quantitative estimate of drug-likeness (QED) is 0.330. The third kappa shape index (κ3) is 5.55. The molecule has 2 heterocycles. The molecule has 0 atom stereocenters. The Bertz CT molecular complexity index is 1560. The fraction of sp³-hybridized carbons (Fsp3) is 0.367. The van der Waals surface area contributed by atoms with E-state index < -0.39 is 5.82 Å². The lowest BCUT2D eigenvalue weighted by atomic mass is 9.96. The Morgan fingerprint density at radius 2 is 1.89 bits per heavy atom. The molecule has 0 spiro atoms. The number of hydrogen-bond donors (Lipinski definition) is 0. The maximum absolute atomic E-state index is 16.2. The van der Waals surface area contributed by atoms with Crippen molar-refractivity contribution >= 4 is 23.1 Å². The number of quaternary nitrogens is 1.